The summed E-state index contributed by atoms with van der Waals surface area (Å²) < 4.78 is 2.23. The molecule has 0 saturated heterocycles. The zero-order valence-electron chi connectivity index (χ0n) is 46.2. The van der Waals surface area contributed by atoms with Crippen molar-refractivity contribution >= 4 is 183 Å². The van der Waals surface area contributed by atoms with Crippen molar-refractivity contribution in [2.45, 2.75) is 0 Å². The van der Waals surface area contributed by atoms with E-state index in [1.54, 1.807) is 0 Å². The highest BCUT2D eigenvalue weighted by atomic mass is 79.9. The molecule has 0 unspecified atom stereocenters. The van der Waals surface area contributed by atoms with Gasteiger partial charge in [0, 0.05) is 8.95 Å². The van der Waals surface area contributed by atoms with Crippen molar-refractivity contribution in [1.82, 2.24) is 0 Å². The summed E-state index contributed by atoms with van der Waals surface area (Å²) in [5, 5.41) is 36.3. The first-order chi connectivity index (χ1) is 42.6. The number of benzene rings is 16. The minimum atomic E-state index is 1.11. The second kappa shape index (κ2) is 17.3. The van der Waals surface area contributed by atoms with E-state index in [1.807, 2.05) is 0 Å². The van der Waals surface area contributed by atoms with Gasteiger partial charge in [0.15, 0.2) is 0 Å². The maximum Gasteiger partial charge on any atom is 0.0254 e. The van der Waals surface area contributed by atoms with Gasteiger partial charge >= 0.3 is 0 Å². The molecule has 0 aromatic heterocycles. The lowest BCUT2D eigenvalue weighted by molar-refractivity contribution is 1.61. The first kappa shape index (κ1) is 47.4. The third-order valence-electron chi connectivity index (χ3n) is 19.7. The number of rotatable bonds is 5. The zero-order valence-corrected chi connectivity index (χ0v) is 49.3. The Morgan fingerprint density at radius 2 is 0.407 bits per heavy atom. The highest BCUT2D eigenvalue weighted by Crippen LogP contribution is 2.58. The SMILES string of the molecule is Brc1ccc2c3c(-c4ccc(-c5ccc(-c6c7c(cc8c9ccccc9c9cccc7c98)c(-c7ccccc7)c7c8cccc9c(Br)ccc(c67)c98)cc5)cc4)c4cc5c6ccccc6c6cccc(c4c(-c4ccccc4)c3c3cccc1c23)c65. The standard InChI is InChI=1S/C84H44Br2/c85-69-41-39-63-78-58(69)26-14-30-62(78)83-73(48-17-5-2-6-18-48)79-59-27-11-23-55-52-20-8-10-22-54(52)66(75(55)59)44-68(79)72(82(63)83)49-35-31-45(32-36-49)46-33-37-50(38-34-46)74-80-60-28-12-24-56-51-19-7-9-21-53(51)65(76(56)60)43-67(80)71(47-15-3-1-4-16-47)81-61-29-13-25-57-70(86)42-40-64(77(57)61)84(74)81/h1-44H. The molecule has 0 aliphatic heterocycles. The Morgan fingerprint density at radius 1 is 0.140 bits per heavy atom. The molecule has 20 aromatic carbocycles. The summed E-state index contributed by atoms with van der Waals surface area (Å²) >= 11 is 8.00. The Balaban J connectivity index is 0.845. The average molecular weight is 1210 g/mol. The summed E-state index contributed by atoms with van der Waals surface area (Å²) in [7, 11) is 0. The van der Waals surface area contributed by atoms with Crippen LogP contribution in [0.4, 0.5) is 0 Å². The van der Waals surface area contributed by atoms with Gasteiger partial charge in [-0.2, -0.15) is 0 Å². The second-order valence-corrected chi connectivity index (χ2v) is 25.5. The number of hydrogen-bond acceptors (Lipinski definition) is 0. The van der Waals surface area contributed by atoms with Crippen LogP contribution in [-0.2, 0) is 0 Å². The highest BCUT2D eigenvalue weighted by molar-refractivity contribution is 9.11. The third kappa shape index (κ3) is 6.12. The molecular weight excluding hydrogens is 1170 g/mol. The lowest BCUT2D eigenvalue weighted by Crippen LogP contribution is -1.92. The van der Waals surface area contributed by atoms with Crippen LogP contribution in [0, 0.1) is 0 Å². The average Bonchev–Trinajstić information content (AvgIpc) is 1.51. The summed E-state index contributed by atoms with van der Waals surface area (Å²) in [4.78, 5) is 0. The predicted octanol–water partition coefficient (Wildman–Crippen LogP) is 25.4. The molecule has 0 radical (unpaired) electrons. The van der Waals surface area contributed by atoms with Crippen LogP contribution in [0.1, 0.15) is 0 Å². The third-order valence-corrected chi connectivity index (χ3v) is 21.1. The van der Waals surface area contributed by atoms with Crippen molar-refractivity contribution in [2.75, 3.05) is 0 Å². The molecule has 0 aliphatic rings. The minimum Gasteiger partial charge on any atom is -0.0622 e. The van der Waals surface area contributed by atoms with E-state index in [4.69, 9.17) is 0 Å². The summed E-state index contributed by atoms with van der Waals surface area (Å²) in [5.41, 5.74) is 12.4. The Morgan fingerprint density at radius 3 is 0.826 bits per heavy atom. The largest absolute Gasteiger partial charge is 0.0622 e. The quantitative estimate of drug-likeness (QED) is 0.151. The van der Waals surface area contributed by atoms with Crippen LogP contribution in [0.3, 0.4) is 0 Å². The van der Waals surface area contributed by atoms with Gasteiger partial charge in [0.2, 0.25) is 0 Å². The molecule has 0 heterocycles. The normalized spacial score (nSPS) is 12.5. The van der Waals surface area contributed by atoms with Crippen LogP contribution in [0.2, 0.25) is 0 Å². The van der Waals surface area contributed by atoms with Gasteiger partial charge in [0.25, 0.3) is 0 Å². The van der Waals surface area contributed by atoms with Gasteiger partial charge in [-0.3, -0.25) is 0 Å². The fraction of sp³-hybridized carbons (Fsp3) is 0. The van der Waals surface area contributed by atoms with Crippen LogP contribution < -0.4 is 0 Å². The molecule has 394 valence electrons. The van der Waals surface area contributed by atoms with E-state index in [-0.39, 0.29) is 0 Å². The molecule has 86 heavy (non-hydrogen) atoms. The maximum atomic E-state index is 4.00. The summed E-state index contributed by atoms with van der Waals surface area (Å²) in [5.74, 6) is 0. The molecule has 2 heteroatoms. The van der Waals surface area contributed by atoms with Crippen LogP contribution in [0.25, 0.3) is 206 Å². The Hall–Kier alpha value is -9.96. The molecule has 20 aromatic rings. The molecule has 0 fully saturated rings. The van der Waals surface area contributed by atoms with Crippen LogP contribution in [0.5, 0.6) is 0 Å². The number of fused-ring (bicyclic) bond motifs is 16. The molecule has 20 rings (SSSR count). The monoisotopic (exact) mass is 1210 g/mol. The Labute approximate surface area is 510 Å². The van der Waals surface area contributed by atoms with Gasteiger partial charge in [-0.25, -0.2) is 0 Å². The van der Waals surface area contributed by atoms with Crippen LogP contribution >= 0.6 is 31.9 Å². The molecule has 0 spiro atoms. The molecular formula is C84H44Br2. The van der Waals surface area contributed by atoms with E-state index in [1.165, 1.54) is 206 Å². The summed E-state index contributed by atoms with van der Waals surface area (Å²) in [6, 6.07) is 101. The van der Waals surface area contributed by atoms with Crippen molar-refractivity contribution in [3.8, 4) is 55.6 Å². The van der Waals surface area contributed by atoms with Gasteiger partial charge in [-0.1, -0.05) is 275 Å². The first-order valence-corrected chi connectivity index (χ1v) is 31.3. The lowest BCUT2D eigenvalue weighted by Gasteiger charge is -2.19. The van der Waals surface area contributed by atoms with Crippen molar-refractivity contribution in [3.63, 3.8) is 0 Å². The second-order valence-electron chi connectivity index (χ2n) is 23.8. The van der Waals surface area contributed by atoms with Gasteiger partial charge < -0.3 is 0 Å². The van der Waals surface area contributed by atoms with E-state index in [0.29, 0.717) is 0 Å². The smallest absolute Gasteiger partial charge is 0.0254 e. The van der Waals surface area contributed by atoms with Crippen LogP contribution in [-0.4, -0.2) is 0 Å². The first-order valence-electron chi connectivity index (χ1n) is 29.7. The van der Waals surface area contributed by atoms with Gasteiger partial charge in [0.1, 0.15) is 0 Å². The highest BCUT2D eigenvalue weighted by Gasteiger charge is 2.29. The number of hydrogen-bond donors (Lipinski definition) is 0. The Bertz CT molecular complexity index is 6280. The fourth-order valence-corrected chi connectivity index (χ4v) is 17.3. The van der Waals surface area contributed by atoms with E-state index >= 15 is 0 Å². The van der Waals surface area contributed by atoms with E-state index in [2.05, 4.69) is 299 Å². The predicted molar refractivity (Wildman–Crippen MR) is 379 cm³/mol. The lowest BCUT2D eigenvalue weighted by atomic mass is 9.83. The van der Waals surface area contributed by atoms with Crippen molar-refractivity contribution in [1.29, 1.82) is 0 Å². The van der Waals surface area contributed by atoms with Crippen LogP contribution in [0.15, 0.2) is 276 Å². The number of halogens is 2. The van der Waals surface area contributed by atoms with Crippen molar-refractivity contribution < 1.29 is 0 Å². The molecule has 0 nitrogen and oxygen atoms in total. The van der Waals surface area contributed by atoms with Gasteiger partial charge in [-0.05, 0) is 231 Å². The molecule has 0 N–H and O–H groups in total. The molecule has 0 atom stereocenters. The molecule has 0 amide bonds. The maximum absolute atomic E-state index is 4.00. The molecule has 0 aliphatic carbocycles. The molecule has 0 saturated carbocycles. The van der Waals surface area contributed by atoms with E-state index in [9.17, 15) is 0 Å². The van der Waals surface area contributed by atoms with E-state index < -0.39 is 0 Å². The zero-order chi connectivity index (χ0) is 56.2. The van der Waals surface area contributed by atoms with Gasteiger partial charge in [0.05, 0.1) is 0 Å². The van der Waals surface area contributed by atoms with Crippen molar-refractivity contribution in [3.05, 3.63) is 276 Å². The van der Waals surface area contributed by atoms with E-state index in [0.717, 1.165) is 8.95 Å². The minimum absolute atomic E-state index is 1.11. The fourth-order valence-electron chi connectivity index (χ4n) is 16.4. The topological polar surface area (TPSA) is 0 Å². The molecule has 0 bridgehead atoms. The Kier molecular flexibility index (Phi) is 9.56. The summed E-state index contributed by atoms with van der Waals surface area (Å²) in [6.45, 7) is 0. The van der Waals surface area contributed by atoms with Gasteiger partial charge in [-0.15, -0.1) is 0 Å². The summed E-state index contributed by atoms with van der Waals surface area (Å²) in [6.07, 6.45) is 0. The van der Waals surface area contributed by atoms with Crippen molar-refractivity contribution in [2.24, 2.45) is 0 Å².